The van der Waals surface area contributed by atoms with Crippen LogP contribution in [-0.4, -0.2) is 0 Å². The van der Waals surface area contributed by atoms with Crippen LogP contribution in [0.2, 0.25) is 0 Å². The minimum atomic E-state index is 0.470. The summed E-state index contributed by atoms with van der Waals surface area (Å²) in [5.74, 6) is 0.470. The predicted octanol–water partition coefficient (Wildman–Crippen LogP) is 4.24. The van der Waals surface area contributed by atoms with Gasteiger partial charge >= 0.3 is 0 Å². The third kappa shape index (κ3) is 1.27. The standard InChI is InChI=1S/C15H19/c1-8-7-9(2)15-13(6)11(4)10(3)12(5)14(8)15/h8H,1-6H3. The van der Waals surface area contributed by atoms with Crippen LogP contribution in [0.3, 0.4) is 0 Å². The van der Waals surface area contributed by atoms with Crippen LogP contribution >= 0.6 is 0 Å². The first-order chi connectivity index (χ1) is 6.95. The highest BCUT2D eigenvalue weighted by molar-refractivity contribution is 5.76. The van der Waals surface area contributed by atoms with Crippen molar-refractivity contribution in [2.45, 2.75) is 47.5 Å². The van der Waals surface area contributed by atoms with Gasteiger partial charge in [-0.05, 0) is 79.6 Å². The smallest absolute Gasteiger partial charge is 0.00757 e. The molecule has 1 aromatic carbocycles. The van der Waals surface area contributed by atoms with E-state index in [1.54, 1.807) is 0 Å². The summed E-state index contributed by atoms with van der Waals surface area (Å²) in [5.41, 5.74) is 10.1. The molecule has 0 heteroatoms. The largest absolute Gasteiger partial charge is 0.0542 e. The van der Waals surface area contributed by atoms with Crippen molar-refractivity contribution in [3.05, 3.63) is 39.5 Å². The maximum atomic E-state index is 3.53. The summed E-state index contributed by atoms with van der Waals surface area (Å²) >= 11 is 0. The van der Waals surface area contributed by atoms with Crippen LogP contribution < -0.4 is 0 Å². The van der Waals surface area contributed by atoms with Crippen LogP contribution in [-0.2, 0) is 0 Å². The van der Waals surface area contributed by atoms with E-state index < -0.39 is 0 Å². The van der Waals surface area contributed by atoms with Gasteiger partial charge in [0, 0.05) is 5.92 Å². The lowest BCUT2D eigenvalue weighted by Crippen LogP contribution is -2.02. The molecule has 0 aliphatic heterocycles. The SMILES string of the molecule is CC1=[C]C(C)c2c(C)c(C)c(C)c(C)c21. The number of fused-ring (bicyclic) bond motifs is 1. The van der Waals surface area contributed by atoms with Crippen molar-refractivity contribution in [1.82, 2.24) is 0 Å². The fourth-order valence-electron chi connectivity index (χ4n) is 2.84. The molecule has 0 aromatic heterocycles. The molecule has 1 aromatic rings. The average molecular weight is 199 g/mol. The number of rotatable bonds is 0. The quantitative estimate of drug-likeness (QED) is 0.586. The number of allylic oxidation sites excluding steroid dienone is 2. The Kier molecular flexibility index (Phi) is 2.26. The fourth-order valence-corrected chi connectivity index (χ4v) is 2.84. The highest BCUT2D eigenvalue weighted by atomic mass is 14.3. The lowest BCUT2D eigenvalue weighted by atomic mass is 9.86. The Morgan fingerprint density at radius 1 is 0.800 bits per heavy atom. The molecule has 0 bridgehead atoms. The molecule has 2 rings (SSSR count). The van der Waals surface area contributed by atoms with Crippen LogP contribution in [0.1, 0.15) is 53.1 Å². The van der Waals surface area contributed by atoms with Crippen molar-refractivity contribution in [2.24, 2.45) is 0 Å². The summed E-state index contributed by atoms with van der Waals surface area (Å²) in [6.45, 7) is 13.4. The number of benzene rings is 1. The zero-order valence-electron chi connectivity index (χ0n) is 10.6. The zero-order valence-corrected chi connectivity index (χ0v) is 10.6. The summed E-state index contributed by atoms with van der Waals surface area (Å²) in [6, 6.07) is 0. The van der Waals surface area contributed by atoms with E-state index in [1.807, 2.05) is 0 Å². The summed E-state index contributed by atoms with van der Waals surface area (Å²) < 4.78 is 0. The second kappa shape index (κ2) is 3.23. The van der Waals surface area contributed by atoms with E-state index in [-0.39, 0.29) is 0 Å². The molecule has 0 heterocycles. The van der Waals surface area contributed by atoms with Gasteiger partial charge in [-0.15, -0.1) is 0 Å². The Labute approximate surface area is 93.0 Å². The van der Waals surface area contributed by atoms with Crippen LogP contribution in [0.4, 0.5) is 0 Å². The van der Waals surface area contributed by atoms with Crippen LogP contribution in [0, 0.1) is 33.8 Å². The van der Waals surface area contributed by atoms with E-state index in [0.717, 1.165) is 0 Å². The van der Waals surface area contributed by atoms with Gasteiger partial charge in [0.1, 0.15) is 0 Å². The van der Waals surface area contributed by atoms with Crippen LogP contribution in [0.5, 0.6) is 0 Å². The van der Waals surface area contributed by atoms with E-state index in [2.05, 4.69) is 47.6 Å². The molecule has 79 valence electrons. The zero-order chi connectivity index (χ0) is 11.3. The van der Waals surface area contributed by atoms with Crippen molar-refractivity contribution in [3.8, 4) is 0 Å². The molecule has 1 aliphatic rings. The van der Waals surface area contributed by atoms with Crippen molar-refractivity contribution >= 4 is 5.57 Å². The molecule has 0 saturated carbocycles. The van der Waals surface area contributed by atoms with Gasteiger partial charge in [0.05, 0.1) is 0 Å². The third-order valence-corrected chi connectivity index (χ3v) is 3.98. The van der Waals surface area contributed by atoms with Crippen molar-refractivity contribution in [3.63, 3.8) is 0 Å². The fraction of sp³-hybridized carbons (Fsp3) is 0.467. The third-order valence-electron chi connectivity index (χ3n) is 3.98. The van der Waals surface area contributed by atoms with E-state index in [0.29, 0.717) is 5.92 Å². The second-order valence-corrected chi connectivity index (χ2v) is 4.78. The number of hydrogen-bond donors (Lipinski definition) is 0. The molecule has 1 unspecified atom stereocenters. The molecule has 0 fully saturated rings. The van der Waals surface area contributed by atoms with Gasteiger partial charge in [0.15, 0.2) is 0 Å². The molecule has 15 heavy (non-hydrogen) atoms. The van der Waals surface area contributed by atoms with Gasteiger partial charge in [0.2, 0.25) is 0 Å². The highest BCUT2D eigenvalue weighted by Crippen LogP contribution is 2.41. The molecular formula is C15H19. The first-order valence-electron chi connectivity index (χ1n) is 5.65. The molecule has 1 radical (unpaired) electrons. The Balaban J connectivity index is 2.86. The normalized spacial score (nSPS) is 19.1. The van der Waals surface area contributed by atoms with Gasteiger partial charge in [-0.25, -0.2) is 0 Å². The Morgan fingerprint density at radius 3 is 1.93 bits per heavy atom. The van der Waals surface area contributed by atoms with Crippen LogP contribution in [0.15, 0.2) is 0 Å². The van der Waals surface area contributed by atoms with Crippen molar-refractivity contribution < 1.29 is 0 Å². The summed E-state index contributed by atoms with van der Waals surface area (Å²) in [5, 5.41) is 0. The summed E-state index contributed by atoms with van der Waals surface area (Å²) in [6.07, 6.45) is 3.53. The molecule has 0 spiro atoms. The second-order valence-electron chi connectivity index (χ2n) is 4.78. The molecule has 0 nitrogen and oxygen atoms in total. The monoisotopic (exact) mass is 199 g/mol. The first-order valence-corrected chi connectivity index (χ1v) is 5.65. The van der Waals surface area contributed by atoms with Gasteiger partial charge in [-0.3, -0.25) is 0 Å². The maximum absolute atomic E-state index is 3.53. The topological polar surface area (TPSA) is 0 Å². The maximum Gasteiger partial charge on any atom is 0.00757 e. The highest BCUT2D eigenvalue weighted by Gasteiger charge is 2.24. The van der Waals surface area contributed by atoms with Gasteiger partial charge in [-0.2, -0.15) is 0 Å². The minimum absolute atomic E-state index is 0.470. The lowest BCUT2D eigenvalue weighted by molar-refractivity contribution is 0.939. The van der Waals surface area contributed by atoms with Gasteiger partial charge in [-0.1, -0.05) is 6.92 Å². The Morgan fingerprint density at radius 2 is 1.33 bits per heavy atom. The molecule has 0 saturated heterocycles. The van der Waals surface area contributed by atoms with Gasteiger partial charge < -0.3 is 0 Å². The molecule has 0 amide bonds. The summed E-state index contributed by atoms with van der Waals surface area (Å²) in [7, 11) is 0. The van der Waals surface area contributed by atoms with Crippen molar-refractivity contribution in [1.29, 1.82) is 0 Å². The van der Waals surface area contributed by atoms with Crippen molar-refractivity contribution in [2.75, 3.05) is 0 Å². The van der Waals surface area contributed by atoms with E-state index in [4.69, 9.17) is 0 Å². The van der Waals surface area contributed by atoms with E-state index in [9.17, 15) is 0 Å². The number of hydrogen-bond acceptors (Lipinski definition) is 0. The molecular weight excluding hydrogens is 180 g/mol. The lowest BCUT2D eigenvalue weighted by Gasteiger charge is -2.18. The average Bonchev–Trinajstić information content (AvgIpc) is 2.47. The first kappa shape index (κ1) is 10.5. The molecule has 1 aliphatic carbocycles. The minimum Gasteiger partial charge on any atom is -0.0542 e. The van der Waals surface area contributed by atoms with Gasteiger partial charge in [0.25, 0.3) is 0 Å². The summed E-state index contributed by atoms with van der Waals surface area (Å²) in [4.78, 5) is 0. The molecule has 0 N–H and O–H groups in total. The molecule has 1 atom stereocenters. The van der Waals surface area contributed by atoms with Crippen LogP contribution in [0.25, 0.3) is 5.57 Å². The Bertz CT molecular complexity index is 462. The predicted molar refractivity (Wildman–Crippen MR) is 66.1 cm³/mol. The van der Waals surface area contributed by atoms with E-state index in [1.165, 1.54) is 39.0 Å². The van der Waals surface area contributed by atoms with E-state index >= 15 is 0 Å². The Hall–Kier alpha value is -1.04.